The lowest BCUT2D eigenvalue weighted by Gasteiger charge is -2.31. The summed E-state index contributed by atoms with van der Waals surface area (Å²) in [5, 5.41) is 0. The molecule has 0 saturated heterocycles. The maximum atomic E-state index is 12.1. The summed E-state index contributed by atoms with van der Waals surface area (Å²) in [7, 11) is 0. The van der Waals surface area contributed by atoms with E-state index in [4.69, 9.17) is 18.9 Å². The number of hydrogen-bond donors (Lipinski definition) is 0. The van der Waals surface area contributed by atoms with Gasteiger partial charge in [-0.2, -0.15) is 0 Å². The normalized spacial score (nSPS) is 11.5. The van der Waals surface area contributed by atoms with Crippen molar-refractivity contribution in [2.24, 2.45) is 0 Å². The Morgan fingerprint density at radius 3 is 1.24 bits per heavy atom. The van der Waals surface area contributed by atoms with Crippen LogP contribution in [0.2, 0.25) is 0 Å². The van der Waals surface area contributed by atoms with Gasteiger partial charge in [0.15, 0.2) is 13.2 Å². The van der Waals surface area contributed by atoms with Crippen molar-refractivity contribution in [3.8, 4) is 33.8 Å². The number of carbonyl (C=O) groups is 2. The van der Waals surface area contributed by atoms with Gasteiger partial charge in [0.25, 0.3) is 0 Å². The first-order valence-electron chi connectivity index (χ1n) is 17.1. The number of rotatable bonds is 14. The van der Waals surface area contributed by atoms with Crippen LogP contribution in [0.5, 0.6) is 11.5 Å². The zero-order valence-corrected chi connectivity index (χ0v) is 29.8. The highest BCUT2D eigenvalue weighted by Crippen LogP contribution is 2.42. The number of carbonyl (C=O) groups excluding carboxylic acids is 2. The first-order chi connectivity index (χ1) is 24.0. The summed E-state index contributed by atoms with van der Waals surface area (Å²) in [5.74, 6) is 0.459. The van der Waals surface area contributed by atoms with Crippen molar-refractivity contribution in [1.29, 1.82) is 0 Å². The van der Waals surface area contributed by atoms with E-state index in [9.17, 15) is 9.59 Å². The summed E-state index contributed by atoms with van der Waals surface area (Å²) in [5.41, 5.74) is 7.66. The molecule has 0 saturated carbocycles. The molecule has 0 fully saturated rings. The van der Waals surface area contributed by atoms with Gasteiger partial charge in [0.1, 0.15) is 11.5 Å². The number of esters is 2. The molecule has 5 aromatic rings. The first kappa shape index (κ1) is 35.9. The van der Waals surface area contributed by atoms with E-state index in [1.807, 2.05) is 72.8 Å². The second-order valence-corrected chi connectivity index (χ2v) is 13.2. The van der Waals surface area contributed by atoms with Gasteiger partial charge in [0.2, 0.25) is 0 Å². The molecular weight excluding hydrogens is 624 g/mol. The van der Waals surface area contributed by atoms with Crippen LogP contribution in [0.1, 0.15) is 63.8 Å². The molecule has 50 heavy (non-hydrogen) atoms. The Balaban J connectivity index is 1.49. The monoisotopic (exact) mass is 670 g/mol. The molecule has 5 rings (SSSR count). The Bertz CT molecular complexity index is 1770. The van der Waals surface area contributed by atoms with Gasteiger partial charge in [0.05, 0.1) is 13.2 Å². The highest BCUT2D eigenvalue weighted by molar-refractivity contribution is 5.76. The molecule has 0 bridgehead atoms. The van der Waals surface area contributed by atoms with Crippen molar-refractivity contribution in [2.75, 3.05) is 26.4 Å². The van der Waals surface area contributed by atoms with E-state index in [1.54, 1.807) is 13.8 Å². The third-order valence-corrected chi connectivity index (χ3v) is 9.18. The molecule has 0 aliphatic heterocycles. The van der Waals surface area contributed by atoms with Gasteiger partial charge in [-0.3, -0.25) is 0 Å². The Morgan fingerprint density at radius 1 is 0.480 bits per heavy atom. The molecule has 0 aromatic heterocycles. The van der Waals surface area contributed by atoms with Crippen LogP contribution in [-0.2, 0) is 29.9 Å². The van der Waals surface area contributed by atoms with E-state index >= 15 is 0 Å². The molecule has 0 radical (unpaired) electrons. The molecule has 0 spiro atoms. The second-order valence-electron chi connectivity index (χ2n) is 13.2. The van der Waals surface area contributed by atoms with Crippen LogP contribution >= 0.6 is 0 Å². The van der Waals surface area contributed by atoms with Crippen molar-refractivity contribution in [3.05, 3.63) is 144 Å². The van der Waals surface area contributed by atoms with Gasteiger partial charge in [-0.1, -0.05) is 125 Å². The van der Waals surface area contributed by atoms with E-state index in [0.717, 1.165) is 33.4 Å². The topological polar surface area (TPSA) is 71.1 Å². The van der Waals surface area contributed by atoms with Gasteiger partial charge in [-0.15, -0.1) is 0 Å². The van der Waals surface area contributed by atoms with Crippen LogP contribution in [0, 0.1) is 0 Å². The third-order valence-electron chi connectivity index (χ3n) is 9.18. The average Bonchev–Trinajstić information content (AvgIpc) is 3.14. The van der Waals surface area contributed by atoms with E-state index in [2.05, 4.69) is 76.2 Å². The maximum Gasteiger partial charge on any atom is 0.344 e. The largest absolute Gasteiger partial charge is 0.481 e. The molecule has 0 unspecified atom stereocenters. The van der Waals surface area contributed by atoms with Crippen molar-refractivity contribution < 1.29 is 28.5 Å². The number of hydrogen-bond acceptors (Lipinski definition) is 6. The van der Waals surface area contributed by atoms with Crippen LogP contribution < -0.4 is 9.47 Å². The Labute approximate surface area is 296 Å². The van der Waals surface area contributed by atoms with Gasteiger partial charge in [0, 0.05) is 22.0 Å². The lowest BCUT2D eigenvalue weighted by molar-refractivity contribution is -0.146. The SMILES string of the molecule is CCOC(=O)COc1ccc(C(C)(C)c2cccc(C(C)(C)c3ccc(OCC(=O)OCC)c(-c4ccccc4)c3)c2)cc1-c1ccccc1. The molecule has 0 aliphatic rings. The average molecular weight is 671 g/mol. The van der Waals surface area contributed by atoms with E-state index in [-0.39, 0.29) is 24.0 Å². The summed E-state index contributed by atoms with van der Waals surface area (Å²) in [6.07, 6.45) is 0. The van der Waals surface area contributed by atoms with E-state index in [1.165, 1.54) is 11.1 Å². The summed E-state index contributed by atoms with van der Waals surface area (Å²) >= 11 is 0. The molecule has 6 nitrogen and oxygen atoms in total. The number of ether oxygens (including phenoxy) is 4. The molecule has 0 amide bonds. The molecule has 0 N–H and O–H groups in total. The zero-order valence-electron chi connectivity index (χ0n) is 29.8. The van der Waals surface area contributed by atoms with Crippen LogP contribution in [0.3, 0.4) is 0 Å². The van der Waals surface area contributed by atoms with Crippen LogP contribution in [0.15, 0.2) is 121 Å². The molecular formula is C44H46O6. The van der Waals surface area contributed by atoms with Gasteiger partial charge >= 0.3 is 11.9 Å². The molecule has 258 valence electrons. The first-order valence-corrected chi connectivity index (χ1v) is 17.1. The summed E-state index contributed by atoms with van der Waals surface area (Å²) in [4.78, 5) is 24.2. The van der Waals surface area contributed by atoms with Crippen molar-refractivity contribution in [1.82, 2.24) is 0 Å². The Morgan fingerprint density at radius 2 is 0.860 bits per heavy atom. The van der Waals surface area contributed by atoms with E-state index in [0.29, 0.717) is 24.7 Å². The van der Waals surface area contributed by atoms with Crippen molar-refractivity contribution in [2.45, 2.75) is 52.4 Å². The van der Waals surface area contributed by atoms with Crippen LogP contribution in [0.4, 0.5) is 0 Å². The van der Waals surface area contributed by atoms with Gasteiger partial charge in [-0.25, -0.2) is 9.59 Å². The van der Waals surface area contributed by atoms with Crippen molar-refractivity contribution >= 4 is 11.9 Å². The Hall–Kier alpha value is -5.36. The smallest absolute Gasteiger partial charge is 0.344 e. The lowest BCUT2D eigenvalue weighted by Crippen LogP contribution is -2.23. The second kappa shape index (κ2) is 15.9. The standard InChI is InChI=1S/C44H46O6/c1-7-47-41(45)29-49-39-24-22-35(27-37(39)31-16-11-9-12-17-31)43(3,4)33-20-15-21-34(26-33)44(5,6)36-23-25-40(50-30-42(46)48-8-2)38(28-36)32-18-13-10-14-19-32/h9-28H,7-8,29-30H2,1-6H3. The molecule has 6 heteroatoms. The van der Waals surface area contributed by atoms with Crippen LogP contribution in [0.25, 0.3) is 22.3 Å². The van der Waals surface area contributed by atoms with Gasteiger partial charge in [-0.05, 0) is 71.5 Å². The Kier molecular flexibility index (Phi) is 11.4. The van der Waals surface area contributed by atoms with Crippen molar-refractivity contribution in [3.63, 3.8) is 0 Å². The quantitative estimate of drug-likeness (QED) is 0.110. The minimum Gasteiger partial charge on any atom is -0.481 e. The summed E-state index contributed by atoms with van der Waals surface area (Å²) in [6.45, 7) is 12.8. The number of benzene rings is 5. The summed E-state index contributed by atoms with van der Waals surface area (Å²) < 4.78 is 22.1. The fourth-order valence-electron chi connectivity index (χ4n) is 6.08. The fourth-order valence-corrected chi connectivity index (χ4v) is 6.08. The zero-order chi connectivity index (χ0) is 35.7. The highest BCUT2D eigenvalue weighted by Gasteiger charge is 2.29. The predicted octanol–water partition coefficient (Wildman–Crippen LogP) is 9.56. The van der Waals surface area contributed by atoms with Gasteiger partial charge < -0.3 is 18.9 Å². The van der Waals surface area contributed by atoms with Crippen LogP contribution in [-0.4, -0.2) is 38.4 Å². The molecule has 5 aromatic carbocycles. The fraction of sp³-hybridized carbons (Fsp3) is 0.273. The minimum absolute atomic E-state index is 0.155. The van der Waals surface area contributed by atoms with E-state index < -0.39 is 11.9 Å². The minimum atomic E-state index is -0.398. The lowest BCUT2D eigenvalue weighted by atomic mass is 9.72. The summed E-state index contributed by atoms with van der Waals surface area (Å²) in [6, 6.07) is 41.3. The predicted molar refractivity (Wildman–Crippen MR) is 199 cm³/mol. The highest BCUT2D eigenvalue weighted by atomic mass is 16.6. The molecule has 0 atom stereocenters. The maximum absolute atomic E-state index is 12.1. The molecule has 0 heterocycles. The molecule has 0 aliphatic carbocycles. The third kappa shape index (κ3) is 8.25.